The summed E-state index contributed by atoms with van der Waals surface area (Å²) in [6.07, 6.45) is 1.18. The maximum absolute atomic E-state index is 9.03. The maximum Gasteiger partial charge on any atom is 0.106 e. The Morgan fingerprint density at radius 1 is 1.67 bits per heavy atom. The average Bonchev–Trinajstić information content (AvgIpc) is 1.63. The molecule has 2 unspecified atom stereocenters. The van der Waals surface area contributed by atoms with E-state index in [1.54, 1.807) is 6.92 Å². The molecule has 0 amide bonds. The van der Waals surface area contributed by atoms with Gasteiger partial charge in [-0.3, -0.25) is 5.32 Å². The van der Waals surface area contributed by atoms with Gasteiger partial charge >= 0.3 is 0 Å². The molecule has 0 aromatic rings. The second-order valence-electron chi connectivity index (χ2n) is 2.26. The standard InChI is InChI=1S/C6H16N2O/c1-3-4-6(9)8-5(2)7/h5-6,8-9H,3-4,7H2,1-2H3. The van der Waals surface area contributed by atoms with Crippen molar-refractivity contribution >= 4 is 0 Å². The zero-order chi connectivity index (χ0) is 7.28. The summed E-state index contributed by atoms with van der Waals surface area (Å²) in [7, 11) is 0. The van der Waals surface area contributed by atoms with Gasteiger partial charge in [-0.15, -0.1) is 0 Å². The van der Waals surface area contributed by atoms with Crippen LogP contribution in [0.4, 0.5) is 0 Å². The number of aliphatic hydroxyl groups excluding tert-OH is 1. The molecule has 0 saturated carbocycles. The molecule has 9 heavy (non-hydrogen) atoms. The smallest absolute Gasteiger partial charge is 0.106 e. The maximum atomic E-state index is 9.03. The van der Waals surface area contributed by atoms with Crippen molar-refractivity contribution in [2.75, 3.05) is 0 Å². The third kappa shape index (κ3) is 5.76. The molecule has 0 fully saturated rings. The molecule has 0 spiro atoms. The summed E-state index contributed by atoms with van der Waals surface area (Å²) in [6.45, 7) is 3.82. The zero-order valence-electron chi connectivity index (χ0n) is 6.09. The van der Waals surface area contributed by atoms with Gasteiger partial charge in [0.25, 0.3) is 0 Å². The van der Waals surface area contributed by atoms with E-state index in [9.17, 15) is 0 Å². The predicted molar refractivity (Wildman–Crippen MR) is 37.7 cm³/mol. The Hall–Kier alpha value is -0.120. The minimum Gasteiger partial charge on any atom is -0.379 e. The van der Waals surface area contributed by atoms with Crippen LogP contribution in [0, 0.1) is 0 Å². The van der Waals surface area contributed by atoms with Crippen LogP contribution in [0.1, 0.15) is 26.7 Å². The van der Waals surface area contributed by atoms with Crippen LogP contribution in [-0.2, 0) is 0 Å². The number of aliphatic hydroxyl groups is 1. The highest BCUT2D eigenvalue weighted by Gasteiger charge is 2.01. The first-order valence-corrected chi connectivity index (χ1v) is 3.36. The van der Waals surface area contributed by atoms with E-state index in [0.717, 1.165) is 12.8 Å². The third-order valence-corrected chi connectivity index (χ3v) is 1.02. The van der Waals surface area contributed by atoms with E-state index in [1.807, 2.05) is 6.92 Å². The van der Waals surface area contributed by atoms with Crippen molar-refractivity contribution in [1.29, 1.82) is 0 Å². The van der Waals surface area contributed by atoms with Crippen LogP contribution in [0.3, 0.4) is 0 Å². The second kappa shape index (κ2) is 4.73. The molecule has 0 aliphatic carbocycles. The highest BCUT2D eigenvalue weighted by atomic mass is 16.3. The topological polar surface area (TPSA) is 58.3 Å². The Morgan fingerprint density at radius 2 is 2.22 bits per heavy atom. The summed E-state index contributed by atoms with van der Waals surface area (Å²) in [5, 5.41) is 11.8. The number of hydrogen-bond acceptors (Lipinski definition) is 3. The predicted octanol–water partition coefficient (Wildman–Crippen LogP) is -0.000800. The zero-order valence-corrected chi connectivity index (χ0v) is 6.09. The molecule has 2 atom stereocenters. The molecule has 0 aliphatic heterocycles. The molecule has 0 aromatic heterocycles. The van der Waals surface area contributed by atoms with Crippen LogP contribution in [0.5, 0.6) is 0 Å². The highest BCUT2D eigenvalue weighted by Crippen LogP contribution is 1.91. The number of nitrogens with one attached hydrogen (secondary N) is 1. The lowest BCUT2D eigenvalue weighted by molar-refractivity contribution is 0.116. The Balaban J connectivity index is 3.15. The molecular formula is C6H16N2O. The monoisotopic (exact) mass is 132 g/mol. The van der Waals surface area contributed by atoms with Gasteiger partial charge in [0.15, 0.2) is 0 Å². The first-order valence-electron chi connectivity index (χ1n) is 3.36. The van der Waals surface area contributed by atoms with Crippen LogP contribution < -0.4 is 11.1 Å². The Kier molecular flexibility index (Phi) is 4.67. The van der Waals surface area contributed by atoms with Crippen molar-refractivity contribution in [3.05, 3.63) is 0 Å². The van der Waals surface area contributed by atoms with Gasteiger partial charge in [-0.2, -0.15) is 0 Å². The molecule has 0 radical (unpaired) electrons. The lowest BCUT2D eigenvalue weighted by Crippen LogP contribution is -2.41. The normalized spacial score (nSPS) is 17.3. The molecule has 0 bridgehead atoms. The quantitative estimate of drug-likeness (QED) is 0.472. The van der Waals surface area contributed by atoms with Crippen LogP contribution in [0.25, 0.3) is 0 Å². The van der Waals surface area contributed by atoms with E-state index in [2.05, 4.69) is 5.32 Å². The minimum absolute atomic E-state index is 0.119. The van der Waals surface area contributed by atoms with E-state index in [1.165, 1.54) is 0 Å². The summed E-state index contributed by atoms with van der Waals surface area (Å²) < 4.78 is 0. The summed E-state index contributed by atoms with van der Waals surface area (Å²) in [5.41, 5.74) is 5.35. The molecule has 3 heteroatoms. The van der Waals surface area contributed by atoms with E-state index in [0.29, 0.717) is 0 Å². The Morgan fingerprint density at radius 3 is 2.56 bits per heavy atom. The van der Waals surface area contributed by atoms with Crippen molar-refractivity contribution in [2.45, 2.75) is 39.1 Å². The van der Waals surface area contributed by atoms with Crippen molar-refractivity contribution in [2.24, 2.45) is 5.73 Å². The van der Waals surface area contributed by atoms with E-state index in [-0.39, 0.29) is 6.17 Å². The van der Waals surface area contributed by atoms with Crippen molar-refractivity contribution in [3.63, 3.8) is 0 Å². The molecule has 0 saturated heterocycles. The van der Waals surface area contributed by atoms with E-state index < -0.39 is 6.23 Å². The Labute approximate surface area is 56.2 Å². The van der Waals surface area contributed by atoms with Gasteiger partial charge in [0.1, 0.15) is 6.23 Å². The van der Waals surface area contributed by atoms with Crippen LogP contribution in [0.2, 0.25) is 0 Å². The van der Waals surface area contributed by atoms with Gasteiger partial charge < -0.3 is 10.8 Å². The molecule has 4 N–H and O–H groups in total. The fourth-order valence-corrected chi connectivity index (χ4v) is 0.660. The first-order chi connectivity index (χ1) is 4.16. The Bertz CT molecular complexity index is 66.1. The second-order valence-corrected chi connectivity index (χ2v) is 2.26. The van der Waals surface area contributed by atoms with Crippen molar-refractivity contribution in [3.8, 4) is 0 Å². The van der Waals surface area contributed by atoms with Crippen molar-refractivity contribution in [1.82, 2.24) is 5.32 Å². The van der Waals surface area contributed by atoms with Gasteiger partial charge in [-0.1, -0.05) is 13.3 Å². The van der Waals surface area contributed by atoms with Crippen LogP contribution in [-0.4, -0.2) is 17.5 Å². The fourth-order valence-electron chi connectivity index (χ4n) is 0.660. The minimum atomic E-state index is -0.435. The molecule has 0 heterocycles. The highest BCUT2D eigenvalue weighted by molar-refractivity contribution is 4.54. The summed E-state index contributed by atoms with van der Waals surface area (Å²) in [4.78, 5) is 0. The van der Waals surface area contributed by atoms with Crippen molar-refractivity contribution < 1.29 is 5.11 Å². The lowest BCUT2D eigenvalue weighted by atomic mass is 10.3. The van der Waals surface area contributed by atoms with Gasteiger partial charge in [-0.05, 0) is 13.3 Å². The average molecular weight is 132 g/mol. The lowest BCUT2D eigenvalue weighted by Gasteiger charge is -2.13. The summed E-state index contributed by atoms with van der Waals surface area (Å²) >= 11 is 0. The fraction of sp³-hybridized carbons (Fsp3) is 1.00. The van der Waals surface area contributed by atoms with Crippen LogP contribution in [0.15, 0.2) is 0 Å². The molecule has 0 rings (SSSR count). The molecule has 56 valence electrons. The largest absolute Gasteiger partial charge is 0.379 e. The molecule has 0 aromatic carbocycles. The van der Waals surface area contributed by atoms with E-state index in [4.69, 9.17) is 10.8 Å². The first kappa shape index (κ1) is 8.88. The van der Waals surface area contributed by atoms with Gasteiger partial charge in [0, 0.05) is 0 Å². The third-order valence-electron chi connectivity index (χ3n) is 1.02. The van der Waals surface area contributed by atoms with Gasteiger partial charge in [0.05, 0.1) is 6.17 Å². The molecule has 3 nitrogen and oxygen atoms in total. The summed E-state index contributed by atoms with van der Waals surface area (Å²) in [6, 6.07) is 0. The van der Waals surface area contributed by atoms with Crippen LogP contribution >= 0.6 is 0 Å². The molecule has 0 aliphatic rings. The summed E-state index contributed by atoms with van der Waals surface area (Å²) in [5.74, 6) is 0. The number of nitrogens with two attached hydrogens (primary N) is 1. The molecular weight excluding hydrogens is 116 g/mol. The SMILES string of the molecule is CCCC(O)NC(C)N. The number of hydrogen-bond donors (Lipinski definition) is 3. The van der Waals surface area contributed by atoms with E-state index >= 15 is 0 Å². The number of rotatable bonds is 4. The van der Waals surface area contributed by atoms with Gasteiger partial charge in [0.2, 0.25) is 0 Å². The van der Waals surface area contributed by atoms with Gasteiger partial charge in [-0.25, -0.2) is 0 Å².